The maximum atomic E-state index is 11.6. The fourth-order valence-electron chi connectivity index (χ4n) is 1.68. The Kier molecular flexibility index (Phi) is 3.08. The Balaban J connectivity index is 1.86. The van der Waals surface area contributed by atoms with Crippen molar-refractivity contribution in [2.75, 3.05) is 7.11 Å². The number of ether oxygens (including phenoxy) is 1. The van der Waals surface area contributed by atoms with E-state index in [2.05, 4.69) is 17.2 Å². The smallest absolute Gasteiger partial charge is 0.223 e. The van der Waals surface area contributed by atoms with Crippen molar-refractivity contribution < 1.29 is 9.53 Å². The molecule has 1 aliphatic carbocycles. The summed E-state index contributed by atoms with van der Waals surface area (Å²) in [7, 11) is 1.58. The van der Waals surface area contributed by atoms with Crippen LogP contribution in [0.3, 0.4) is 0 Å². The average molecular weight is 220 g/mol. The number of hydrogen-bond donors (Lipinski definition) is 1. The van der Waals surface area contributed by atoms with E-state index in [1.165, 1.54) is 0 Å². The van der Waals surface area contributed by atoms with Gasteiger partial charge in [0.25, 0.3) is 0 Å². The predicted octanol–water partition coefficient (Wildman–Crippen LogP) is 1.36. The van der Waals surface area contributed by atoms with E-state index in [-0.39, 0.29) is 11.8 Å². The van der Waals surface area contributed by atoms with Crippen molar-refractivity contribution in [3.05, 3.63) is 23.9 Å². The van der Waals surface area contributed by atoms with Gasteiger partial charge in [0.1, 0.15) is 0 Å². The van der Waals surface area contributed by atoms with Crippen LogP contribution in [0.25, 0.3) is 0 Å². The zero-order valence-corrected chi connectivity index (χ0v) is 9.56. The van der Waals surface area contributed by atoms with Crippen LogP contribution in [0.15, 0.2) is 18.3 Å². The molecule has 0 saturated heterocycles. The van der Waals surface area contributed by atoms with E-state index < -0.39 is 0 Å². The third-order valence-corrected chi connectivity index (χ3v) is 2.92. The van der Waals surface area contributed by atoms with Crippen LogP contribution in [0.4, 0.5) is 0 Å². The molecule has 0 spiro atoms. The molecule has 1 saturated carbocycles. The summed E-state index contributed by atoms with van der Waals surface area (Å²) < 4.78 is 5.01. The second-order valence-corrected chi connectivity index (χ2v) is 4.24. The molecular formula is C12H16N2O2. The van der Waals surface area contributed by atoms with Gasteiger partial charge in [0.05, 0.1) is 7.11 Å². The van der Waals surface area contributed by atoms with E-state index in [9.17, 15) is 4.79 Å². The molecule has 0 radical (unpaired) electrons. The van der Waals surface area contributed by atoms with Gasteiger partial charge in [0.2, 0.25) is 11.8 Å². The van der Waals surface area contributed by atoms with Crippen LogP contribution in [0.1, 0.15) is 18.9 Å². The highest BCUT2D eigenvalue weighted by Crippen LogP contribution is 2.37. The van der Waals surface area contributed by atoms with E-state index in [1.54, 1.807) is 13.3 Å². The molecule has 1 amide bonds. The molecule has 1 N–H and O–H groups in total. The lowest BCUT2D eigenvalue weighted by Crippen LogP contribution is -2.24. The summed E-state index contributed by atoms with van der Waals surface area (Å²) in [6.07, 6.45) is 2.70. The van der Waals surface area contributed by atoms with Crippen LogP contribution in [0.2, 0.25) is 0 Å². The predicted molar refractivity (Wildman–Crippen MR) is 59.9 cm³/mol. The molecule has 1 aromatic heterocycles. The summed E-state index contributed by atoms with van der Waals surface area (Å²) in [6, 6.07) is 3.70. The molecule has 2 rings (SSSR count). The molecular weight excluding hydrogens is 204 g/mol. The Morgan fingerprint density at radius 3 is 3.06 bits per heavy atom. The van der Waals surface area contributed by atoms with E-state index in [4.69, 9.17) is 4.74 Å². The number of rotatable bonds is 4. The third-order valence-electron chi connectivity index (χ3n) is 2.92. The fourth-order valence-corrected chi connectivity index (χ4v) is 1.68. The van der Waals surface area contributed by atoms with Gasteiger partial charge in [0, 0.05) is 24.7 Å². The van der Waals surface area contributed by atoms with Crippen LogP contribution in [-0.4, -0.2) is 18.0 Å². The van der Waals surface area contributed by atoms with Gasteiger partial charge in [-0.2, -0.15) is 0 Å². The molecule has 4 nitrogen and oxygen atoms in total. The summed E-state index contributed by atoms with van der Waals surface area (Å²) in [6.45, 7) is 2.64. The SMILES string of the molecule is COc1cc(CNC(=O)[C@H]2C[C@H]2C)ccn1. The van der Waals surface area contributed by atoms with Crippen LogP contribution in [0.5, 0.6) is 5.88 Å². The Bertz CT molecular complexity index is 392. The van der Waals surface area contributed by atoms with Gasteiger partial charge in [-0.1, -0.05) is 6.92 Å². The summed E-state index contributed by atoms with van der Waals surface area (Å²) in [5.74, 6) is 1.51. The first-order valence-electron chi connectivity index (χ1n) is 5.47. The van der Waals surface area contributed by atoms with Crippen LogP contribution >= 0.6 is 0 Å². The number of nitrogens with one attached hydrogen (secondary N) is 1. The van der Waals surface area contributed by atoms with Crippen LogP contribution in [-0.2, 0) is 11.3 Å². The number of aromatic nitrogens is 1. The van der Waals surface area contributed by atoms with E-state index in [0.29, 0.717) is 18.3 Å². The van der Waals surface area contributed by atoms with Gasteiger partial charge in [-0.25, -0.2) is 4.98 Å². The minimum Gasteiger partial charge on any atom is -0.481 e. The van der Waals surface area contributed by atoms with Crippen molar-refractivity contribution in [2.24, 2.45) is 11.8 Å². The van der Waals surface area contributed by atoms with Gasteiger partial charge in [-0.3, -0.25) is 4.79 Å². The topological polar surface area (TPSA) is 51.2 Å². The molecule has 1 fully saturated rings. The van der Waals surface area contributed by atoms with Crippen molar-refractivity contribution in [1.82, 2.24) is 10.3 Å². The Labute approximate surface area is 95.0 Å². The lowest BCUT2D eigenvalue weighted by Gasteiger charge is -2.05. The molecule has 0 unspecified atom stereocenters. The standard InChI is InChI=1S/C12H16N2O2/c1-8-5-10(8)12(15)14-7-9-3-4-13-11(6-9)16-2/h3-4,6,8,10H,5,7H2,1-2H3,(H,14,15)/t8-,10+/m1/s1. The lowest BCUT2D eigenvalue weighted by atomic mass is 10.2. The van der Waals surface area contributed by atoms with Crippen LogP contribution in [0, 0.1) is 11.8 Å². The van der Waals surface area contributed by atoms with Crippen molar-refractivity contribution in [2.45, 2.75) is 19.9 Å². The van der Waals surface area contributed by atoms with Gasteiger partial charge < -0.3 is 10.1 Å². The first-order valence-corrected chi connectivity index (χ1v) is 5.47. The summed E-state index contributed by atoms with van der Waals surface area (Å²) in [5.41, 5.74) is 1.01. The number of nitrogens with zero attached hydrogens (tertiary/aromatic N) is 1. The molecule has 16 heavy (non-hydrogen) atoms. The monoisotopic (exact) mass is 220 g/mol. The second kappa shape index (κ2) is 4.51. The highest BCUT2D eigenvalue weighted by molar-refractivity contribution is 5.81. The maximum Gasteiger partial charge on any atom is 0.223 e. The van der Waals surface area contributed by atoms with E-state index in [1.807, 2.05) is 12.1 Å². The van der Waals surface area contributed by atoms with Crippen LogP contribution < -0.4 is 10.1 Å². The zero-order valence-electron chi connectivity index (χ0n) is 9.56. The molecule has 0 bridgehead atoms. The Morgan fingerprint density at radius 1 is 1.69 bits per heavy atom. The minimum atomic E-state index is 0.156. The van der Waals surface area contributed by atoms with Gasteiger partial charge >= 0.3 is 0 Å². The number of hydrogen-bond acceptors (Lipinski definition) is 3. The first kappa shape index (κ1) is 10.9. The summed E-state index contributed by atoms with van der Waals surface area (Å²) in [5, 5.41) is 2.92. The zero-order chi connectivity index (χ0) is 11.5. The largest absolute Gasteiger partial charge is 0.481 e. The first-order chi connectivity index (χ1) is 7.70. The molecule has 1 aromatic rings. The Morgan fingerprint density at radius 2 is 2.44 bits per heavy atom. The highest BCUT2D eigenvalue weighted by atomic mass is 16.5. The number of carbonyl (C=O) groups is 1. The number of methoxy groups -OCH3 is 1. The quantitative estimate of drug-likeness (QED) is 0.833. The molecule has 2 atom stereocenters. The molecule has 86 valence electrons. The molecule has 4 heteroatoms. The lowest BCUT2D eigenvalue weighted by molar-refractivity contribution is -0.122. The molecule has 1 heterocycles. The fraction of sp³-hybridized carbons (Fsp3) is 0.500. The number of carbonyl (C=O) groups excluding carboxylic acids is 1. The molecule has 0 aromatic carbocycles. The van der Waals surface area contributed by atoms with Crippen molar-refractivity contribution in [1.29, 1.82) is 0 Å². The molecule has 1 aliphatic rings. The van der Waals surface area contributed by atoms with Gasteiger partial charge in [-0.05, 0) is 24.0 Å². The maximum absolute atomic E-state index is 11.6. The summed E-state index contributed by atoms with van der Waals surface area (Å²) >= 11 is 0. The highest BCUT2D eigenvalue weighted by Gasteiger charge is 2.38. The molecule has 0 aliphatic heterocycles. The normalized spacial score (nSPS) is 22.6. The average Bonchev–Trinajstić information content (AvgIpc) is 3.04. The van der Waals surface area contributed by atoms with Crippen molar-refractivity contribution in [3.8, 4) is 5.88 Å². The van der Waals surface area contributed by atoms with E-state index in [0.717, 1.165) is 12.0 Å². The third kappa shape index (κ3) is 2.51. The second-order valence-electron chi connectivity index (χ2n) is 4.24. The van der Waals surface area contributed by atoms with Gasteiger partial charge in [0.15, 0.2) is 0 Å². The van der Waals surface area contributed by atoms with Crippen molar-refractivity contribution in [3.63, 3.8) is 0 Å². The number of pyridine rings is 1. The van der Waals surface area contributed by atoms with Crippen molar-refractivity contribution >= 4 is 5.91 Å². The van der Waals surface area contributed by atoms with E-state index >= 15 is 0 Å². The van der Waals surface area contributed by atoms with Gasteiger partial charge in [-0.15, -0.1) is 0 Å². The Hall–Kier alpha value is -1.58. The minimum absolute atomic E-state index is 0.156. The summed E-state index contributed by atoms with van der Waals surface area (Å²) in [4.78, 5) is 15.6. The number of amides is 1.